The number of hydroxylamine groups is 3. The van der Waals surface area contributed by atoms with Gasteiger partial charge in [-0.2, -0.15) is 0 Å². The van der Waals surface area contributed by atoms with Crippen LogP contribution in [0.15, 0.2) is 0 Å². The molecule has 0 radical (unpaired) electrons. The minimum absolute atomic E-state index is 0.104. The van der Waals surface area contributed by atoms with Gasteiger partial charge in [0.2, 0.25) is 0 Å². The minimum atomic E-state index is -0.104. The highest BCUT2D eigenvalue weighted by Crippen LogP contribution is 2.23. The van der Waals surface area contributed by atoms with E-state index in [1.165, 1.54) is 38.5 Å². The van der Waals surface area contributed by atoms with Crippen molar-refractivity contribution in [3.63, 3.8) is 0 Å². The molecule has 1 aliphatic rings. The van der Waals surface area contributed by atoms with Gasteiger partial charge in [-0.3, -0.25) is 0 Å². The van der Waals surface area contributed by atoms with Crippen LogP contribution in [0.3, 0.4) is 0 Å². The summed E-state index contributed by atoms with van der Waals surface area (Å²) in [6.07, 6.45) is 9.88. The van der Waals surface area contributed by atoms with E-state index >= 15 is 0 Å². The molecule has 1 aliphatic heterocycles. The second kappa shape index (κ2) is 8.13. The van der Waals surface area contributed by atoms with Crippen LogP contribution < -0.4 is 0 Å². The molecule has 0 amide bonds. The molecule has 3 heteroatoms. The van der Waals surface area contributed by atoms with Crippen molar-refractivity contribution in [1.82, 2.24) is 0 Å². The van der Waals surface area contributed by atoms with Crippen LogP contribution in [0, 0.1) is 5.21 Å². The lowest BCUT2D eigenvalue weighted by atomic mass is 10.0. The number of nitrogens with zero attached hydrogens (tertiary/aromatic N) is 1. The lowest BCUT2D eigenvalue weighted by Crippen LogP contribution is -2.55. The highest BCUT2D eigenvalue weighted by atomic mass is 16.6. The number of unbranched alkanes of at least 4 members (excludes halogenated alkanes) is 4. The standard InChI is InChI=1S/C15H31NO2/c1-4-6-8-10-14-12-16(3,17)13-15(18-14)11-9-7-5-2/h14-15H,4-13H2,1-3H3. The fourth-order valence-electron chi connectivity index (χ4n) is 2.86. The number of rotatable bonds is 8. The summed E-state index contributed by atoms with van der Waals surface area (Å²) in [5.41, 5.74) is 0. The van der Waals surface area contributed by atoms with Crippen LogP contribution in [0.1, 0.15) is 65.2 Å². The van der Waals surface area contributed by atoms with Gasteiger partial charge in [0.05, 0.1) is 7.05 Å². The lowest BCUT2D eigenvalue weighted by Gasteiger charge is -2.48. The van der Waals surface area contributed by atoms with Gasteiger partial charge in [0, 0.05) is 0 Å². The molecular weight excluding hydrogens is 226 g/mol. The summed E-state index contributed by atoms with van der Waals surface area (Å²) < 4.78 is 6.00. The van der Waals surface area contributed by atoms with E-state index in [4.69, 9.17) is 4.74 Å². The van der Waals surface area contributed by atoms with Crippen molar-refractivity contribution in [2.45, 2.75) is 77.4 Å². The zero-order valence-corrected chi connectivity index (χ0v) is 12.5. The van der Waals surface area contributed by atoms with Crippen LogP contribution in [0.25, 0.3) is 0 Å². The fourth-order valence-corrected chi connectivity index (χ4v) is 2.86. The van der Waals surface area contributed by atoms with Crippen molar-refractivity contribution in [1.29, 1.82) is 0 Å². The molecule has 0 aromatic heterocycles. The molecular formula is C15H31NO2. The maximum absolute atomic E-state index is 12.3. The van der Waals surface area contributed by atoms with E-state index in [1.807, 2.05) is 7.05 Å². The van der Waals surface area contributed by atoms with Gasteiger partial charge in [-0.1, -0.05) is 52.4 Å². The number of likely N-dealkylation sites (N-methyl/N-ethyl adjacent to an activating group) is 1. The molecule has 18 heavy (non-hydrogen) atoms. The second-order valence-corrected chi connectivity index (χ2v) is 6.03. The predicted octanol–water partition coefficient (Wildman–Crippen LogP) is 3.86. The van der Waals surface area contributed by atoms with Gasteiger partial charge in [0.15, 0.2) is 0 Å². The summed E-state index contributed by atoms with van der Waals surface area (Å²) >= 11 is 0. The number of morpholine rings is 1. The average molecular weight is 257 g/mol. The molecule has 0 N–H and O–H groups in total. The molecule has 1 saturated heterocycles. The van der Waals surface area contributed by atoms with Crippen molar-refractivity contribution in [3.8, 4) is 0 Å². The Labute approximate surface area is 113 Å². The van der Waals surface area contributed by atoms with Gasteiger partial charge in [-0.25, -0.2) is 0 Å². The van der Waals surface area contributed by atoms with Crippen molar-refractivity contribution in [3.05, 3.63) is 5.21 Å². The van der Waals surface area contributed by atoms with Gasteiger partial charge in [-0.05, 0) is 12.8 Å². The summed E-state index contributed by atoms with van der Waals surface area (Å²) in [6, 6.07) is 0. The first kappa shape index (κ1) is 15.9. The van der Waals surface area contributed by atoms with E-state index in [9.17, 15) is 5.21 Å². The van der Waals surface area contributed by atoms with Gasteiger partial charge in [0.1, 0.15) is 25.3 Å². The van der Waals surface area contributed by atoms with Gasteiger partial charge >= 0.3 is 0 Å². The minimum Gasteiger partial charge on any atom is -0.633 e. The van der Waals surface area contributed by atoms with Gasteiger partial charge in [-0.15, -0.1) is 0 Å². The number of ether oxygens (including phenoxy) is 1. The van der Waals surface area contributed by atoms with Crippen LogP contribution >= 0.6 is 0 Å². The fraction of sp³-hybridized carbons (Fsp3) is 1.00. The van der Waals surface area contributed by atoms with Crippen molar-refractivity contribution < 1.29 is 9.38 Å². The zero-order valence-electron chi connectivity index (χ0n) is 12.5. The highest BCUT2D eigenvalue weighted by molar-refractivity contribution is 4.70. The van der Waals surface area contributed by atoms with E-state index in [1.54, 1.807) is 0 Å². The third-order valence-corrected chi connectivity index (χ3v) is 3.82. The Kier molecular flexibility index (Phi) is 7.20. The molecule has 3 nitrogen and oxygen atoms in total. The predicted molar refractivity (Wildman–Crippen MR) is 76.2 cm³/mol. The lowest BCUT2D eigenvalue weighted by molar-refractivity contribution is -0.877. The Balaban J connectivity index is 2.34. The number of hydrogen-bond donors (Lipinski definition) is 0. The first-order valence-corrected chi connectivity index (χ1v) is 7.78. The second-order valence-electron chi connectivity index (χ2n) is 6.03. The van der Waals surface area contributed by atoms with E-state index in [0.717, 1.165) is 12.8 Å². The summed E-state index contributed by atoms with van der Waals surface area (Å²) in [5, 5.41) is 12.3. The van der Waals surface area contributed by atoms with Crippen LogP contribution in [0.2, 0.25) is 0 Å². The molecule has 0 aliphatic carbocycles. The molecule has 1 rings (SSSR count). The third kappa shape index (κ3) is 6.17. The summed E-state index contributed by atoms with van der Waals surface area (Å²) in [7, 11) is 1.81. The first-order valence-electron chi connectivity index (χ1n) is 7.78. The molecule has 1 heterocycles. The van der Waals surface area contributed by atoms with E-state index < -0.39 is 0 Å². The summed E-state index contributed by atoms with van der Waals surface area (Å²) in [5.74, 6) is 0. The molecule has 2 atom stereocenters. The maximum Gasteiger partial charge on any atom is 0.107 e. The normalized spacial score (nSPS) is 32.7. The Bertz CT molecular complexity index is 199. The van der Waals surface area contributed by atoms with Gasteiger partial charge in [0.25, 0.3) is 0 Å². The smallest absolute Gasteiger partial charge is 0.107 e. The topological polar surface area (TPSA) is 32.3 Å². The third-order valence-electron chi connectivity index (χ3n) is 3.82. The Morgan fingerprint density at radius 1 is 0.944 bits per heavy atom. The van der Waals surface area contributed by atoms with Crippen LogP contribution in [0.4, 0.5) is 0 Å². The summed E-state index contributed by atoms with van der Waals surface area (Å²) in [6.45, 7) is 5.72. The first-order chi connectivity index (χ1) is 8.57. The molecule has 108 valence electrons. The van der Waals surface area contributed by atoms with E-state index in [0.29, 0.717) is 13.1 Å². The molecule has 2 unspecified atom stereocenters. The van der Waals surface area contributed by atoms with Gasteiger partial charge < -0.3 is 14.6 Å². The van der Waals surface area contributed by atoms with E-state index in [2.05, 4.69) is 13.8 Å². The molecule has 0 aromatic rings. The Morgan fingerprint density at radius 2 is 1.39 bits per heavy atom. The van der Waals surface area contributed by atoms with E-state index in [-0.39, 0.29) is 16.9 Å². The SMILES string of the molecule is CCCCCC1C[N+](C)([O-])CC(CCCCC)O1. The molecule has 1 fully saturated rings. The molecule has 0 aromatic carbocycles. The number of quaternary nitrogens is 1. The van der Waals surface area contributed by atoms with Crippen LogP contribution in [0.5, 0.6) is 0 Å². The maximum atomic E-state index is 12.3. The molecule has 0 spiro atoms. The monoisotopic (exact) mass is 257 g/mol. The summed E-state index contributed by atoms with van der Waals surface area (Å²) in [4.78, 5) is 0. The van der Waals surface area contributed by atoms with Crippen molar-refractivity contribution >= 4 is 0 Å². The highest BCUT2D eigenvalue weighted by Gasteiger charge is 2.31. The zero-order chi connectivity index (χ0) is 13.4. The average Bonchev–Trinajstić information content (AvgIpc) is 2.28. The van der Waals surface area contributed by atoms with Crippen LogP contribution in [-0.4, -0.2) is 37.0 Å². The quantitative estimate of drug-likeness (QED) is 0.376. The Morgan fingerprint density at radius 3 is 1.78 bits per heavy atom. The Hall–Kier alpha value is -0.120. The molecule has 0 saturated carbocycles. The number of hydrogen-bond acceptors (Lipinski definition) is 2. The van der Waals surface area contributed by atoms with Crippen molar-refractivity contribution in [2.24, 2.45) is 0 Å². The molecule has 0 bridgehead atoms. The van der Waals surface area contributed by atoms with Crippen LogP contribution in [-0.2, 0) is 4.74 Å². The van der Waals surface area contributed by atoms with Crippen molar-refractivity contribution in [2.75, 3.05) is 20.1 Å². The largest absolute Gasteiger partial charge is 0.633 e.